The largest absolute Gasteiger partial charge is 0.463 e. The van der Waals surface area contributed by atoms with Crippen molar-refractivity contribution in [2.75, 3.05) is 17.7 Å². The van der Waals surface area contributed by atoms with Crippen LogP contribution >= 0.6 is 11.8 Å². The Morgan fingerprint density at radius 2 is 2.00 bits per heavy atom. The number of benzene rings is 1. The first-order valence-electron chi connectivity index (χ1n) is 9.36. The van der Waals surface area contributed by atoms with E-state index in [-0.39, 0.29) is 12.0 Å². The van der Waals surface area contributed by atoms with Crippen molar-refractivity contribution in [3.63, 3.8) is 0 Å². The molecule has 0 bridgehead atoms. The van der Waals surface area contributed by atoms with E-state index < -0.39 is 0 Å². The number of nitrogens with one attached hydrogen (secondary N) is 1. The minimum atomic E-state index is -0.353. The predicted octanol–water partition coefficient (Wildman–Crippen LogP) is 4.33. The summed E-state index contributed by atoms with van der Waals surface area (Å²) in [6, 6.07) is 7.81. The third kappa shape index (κ3) is 4.18. The lowest BCUT2D eigenvalue weighted by atomic mass is 9.95. The van der Waals surface area contributed by atoms with Crippen LogP contribution in [0.15, 0.2) is 40.7 Å². The number of thioether (sulfide) groups is 1. The summed E-state index contributed by atoms with van der Waals surface area (Å²) in [5.74, 6) is 1.31. The number of rotatable bonds is 7. The number of carbonyl (C=O) groups excluding carboxylic acids is 1. The molecule has 1 aliphatic heterocycles. The number of hydrogen-bond donors (Lipinski definition) is 1. The van der Waals surface area contributed by atoms with Crippen molar-refractivity contribution in [1.29, 1.82) is 0 Å². The highest BCUT2D eigenvalue weighted by Gasteiger charge is 2.35. The van der Waals surface area contributed by atoms with Gasteiger partial charge < -0.3 is 10.1 Å². The number of esters is 1. The number of aryl methyl sites for hydroxylation is 1. The Bertz CT molecular complexity index is 842. The van der Waals surface area contributed by atoms with Crippen LogP contribution in [-0.4, -0.2) is 33.1 Å². The standard InChI is InChI=1S/C20H26N4O2S/c1-5-7-12-27-20-22-19-21-14(4)16(18(25)26-6-2)17(24(19)23-20)15-10-8-13(3)9-11-15/h8-11,17H,5-7,12H2,1-4H3,(H,21,22,23). The maximum atomic E-state index is 12.7. The summed E-state index contributed by atoms with van der Waals surface area (Å²) in [6.45, 7) is 8.24. The highest BCUT2D eigenvalue weighted by Crippen LogP contribution is 2.36. The highest BCUT2D eigenvalue weighted by molar-refractivity contribution is 7.99. The molecule has 0 fully saturated rings. The van der Waals surface area contributed by atoms with Gasteiger partial charge in [0.2, 0.25) is 11.1 Å². The molecule has 1 atom stereocenters. The van der Waals surface area contributed by atoms with E-state index in [1.807, 2.05) is 45.0 Å². The number of unbranched alkanes of at least 4 members (excludes halogenated alkanes) is 1. The van der Waals surface area contributed by atoms with E-state index in [2.05, 4.69) is 17.2 Å². The van der Waals surface area contributed by atoms with Crippen LogP contribution < -0.4 is 5.32 Å². The van der Waals surface area contributed by atoms with Gasteiger partial charge in [-0.1, -0.05) is 54.9 Å². The van der Waals surface area contributed by atoms with Crippen molar-refractivity contribution < 1.29 is 9.53 Å². The summed E-state index contributed by atoms with van der Waals surface area (Å²) >= 11 is 1.64. The second-order valence-electron chi connectivity index (χ2n) is 6.56. The molecule has 0 spiro atoms. The van der Waals surface area contributed by atoms with E-state index in [1.165, 1.54) is 5.56 Å². The lowest BCUT2D eigenvalue weighted by Crippen LogP contribution is -2.29. The summed E-state index contributed by atoms with van der Waals surface area (Å²) in [4.78, 5) is 17.3. The zero-order chi connectivity index (χ0) is 19.4. The number of nitrogens with zero attached hydrogens (tertiary/aromatic N) is 3. The molecule has 2 heterocycles. The van der Waals surface area contributed by atoms with Gasteiger partial charge in [0.05, 0.1) is 12.2 Å². The molecule has 0 aliphatic carbocycles. The van der Waals surface area contributed by atoms with Crippen LogP contribution in [0.5, 0.6) is 0 Å². The number of ether oxygens (including phenoxy) is 1. The van der Waals surface area contributed by atoms with Gasteiger partial charge in [0.15, 0.2) is 0 Å². The van der Waals surface area contributed by atoms with Gasteiger partial charge in [-0.15, -0.1) is 5.10 Å². The molecule has 1 aromatic carbocycles. The topological polar surface area (TPSA) is 69.0 Å². The summed E-state index contributed by atoms with van der Waals surface area (Å²) in [7, 11) is 0. The fourth-order valence-corrected chi connectivity index (χ4v) is 3.94. The molecule has 2 aromatic rings. The van der Waals surface area contributed by atoms with Crippen molar-refractivity contribution in [3.8, 4) is 0 Å². The van der Waals surface area contributed by atoms with E-state index in [0.717, 1.165) is 35.0 Å². The van der Waals surface area contributed by atoms with Crippen molar-refractivity contribution >= 4 is 23.7 Å². The van der Waals surface area contributed by atoms with Crippen LogP contribution in [0.3, 0.4) is 0 Å². The minimum Gasteiger partial charge on any atom is -0.463 e. The summed E-state index contributed by atoms with van der Waals surface area (Å²) in [5, 5.41) is 8.64. The average Bonchev–Trinajstić information content (AvgIpc) is 3.04. The van der Waals surface area contributed by atoms with E-state index in [0.29, 0.717) is 18.1 Å². The van der Waals surface area contributed by atoms with Gasteiger partial charge in [-0.2, -0.15) is 4.98 Å². The molecule has 1 aromatic heterocycles. The Hall–Kier alpha value is -2.28. The van der Waals surface area contributed by atoms with Crippen molar-refractivity contribution in [3.05, 3.63) is 46.7 Å². The zero-order valence-electron chi connectivity index (χ0n) is 16.3. The van der Waals surface area contributed by atoms with Crippen molar-refractivity contribution in [1.82, 2.24) is 14.8 Å². The summed E-state index contributed by atoms with van der Waals surface area (Å²) in [5.41, 5.74) is 3.48. The monoisotopic (exact) mass is 386 g/mol. The van der Waals surface area contributed by atoms with Crippen LogP contribution in [-0.2, 0) is 9.53 Å². The molecular weight excluding hydrogens is 360 g/mol. The average molecular weight is 387 g/mol. The van der Waals surface area contributed by atoms with Gasteiger partial charge in [-0.25, -0.2) is 9.48 Å². The van der Waals surface area contributed by atoms with Crippen LogP contribution in [0.4, 0.5) is 5.95 Å². The van der Waals surface area contributed by atoms with Crippen molar-refractivity contribution in [2.45, 2.75) is 51.7 Å². The maximum absolute atomic E-state index is 12.7. The van der Waals surface area contributed by atoms with Gasteiger partial charge in [-0.3, -0.25) is 0 Å². The lowest BCUT2D eigenvalue weighted by molar-refractivity contribution is -0.139. The predicted molar refractivity (Wildman–Crippen MR) is 108 cm³/mol. The second-order valence-corrected chi connectivity index (χ2v) is 7.62. The molecule has 0 saturated carbocycles. The van der Waals surface area contributed by atoms with Crippen LogP contribution in [0.25, 0.3) is 0 Å². The molecular formula is C20H26N4O2S. The molecule has 1 unspecified atom stereocenters. The third-order valence-corrected chi connectivity index (χ3v) is 5.37. The zero-order valence-corrected chi connectivity index (χ0v) is 17.1. The highest BCUT2D eigenvalue weighted by atomic mass is 32.2. The Morgan fingerprint density at radius 3 is 2.67 bits per heavy atom. The first-order chi connectivity index (χ1) is 13.0. The van der Waals surface area contributed by atoms with E-state index >= 15 is 0 Å². The Labute approximate surface area is 164 Å². The van der Waals surface area contributed by atoms with Crippen LogP contribution in [0, 0.1) is 6.92 Å². The summed E-state index contributed by atoms with van der Waals surface area (Å²) in [6.07, 6.45) is 2.26. The molecule has 0 radical (unpaired) electrons. The van der Waals surface area contributed by atoms with Gasteiger partial charge in [0, 0.05) is 11.4 Å². The fourth-order valence-electron chi connectivity index (χ4n) is 3.03. The van der Waals surface area contributed by atoms with Crippen molar-refractivity contribution in [2.24, 2.45) is 0 Å². The molecule has 3 rings (SSSR count). The summed E-state index contributed by atoms with van der Waals surface area (Å²) < 4.78 is 7.13. The normalized spacial score (nSPS) is 16.1. The molecule has 0 amide bonds. The van der Waals surface area contributed by atoms with Gasteiger partial charge in [0.25, 0.3) is 0 Å². The third-order valence-electron chi connectivity index (χ3n) is 4.45. The molecule has 0 saturated heterocycles. The van der Waals surface area contributed by atoms with E-state index in [9.17, 15) is 4.79 Å². The van der Waals surface area contributed by atoms with E-state index in [4.69, 9.17) is 9.84 Å². The molecule has 144 valence electrons. The number of carbonyl (C=O) groups is 1. The van der Waals surface area contributed by atoms with E-state index in [1.54, 1.807) is 16.4 Å². The van der Waals surface area contributed by atoms with Gasteiger partial charge in [0.1, 0.15) is 6.04 Å². The number of allylic oxidation sites excluding steroid dienone is 1. The number of aromatic nitrogens is 3. The van der Waals surface area contributed by atoms with Crippen LogP contribution in [0.1, 0.15) is 50.8 Å². The molecule has 1 aliphatic rings. The number of anilines is 1. The molecule has 1 N–H and O–H groups in total. The fraction of sp³-hybridized carbons (Fsp3) is 0.450. The Morgan fingerprint density at radius 1 is 1.26 bits per heavy atom. The lowest BCUT2D eigenvalue weighted by Gasteiger charge is -2.28. The number of hydrogen-bond acceptors (Lipinski definition) is 6. The molecule has 7 heteroatoms. The molecule has 6 nitrogen and oxygen atoms in total. The minimum absolute atomic E-state index is 0.325. The SMILES string of the molecule is CCCCSc1nc2n(n1)C(c1ccc(C)cc1)C(C(=O)OCC)=C(C)N2. The second kappa shape index (κ2) is 8.61. The molecule has 27 heavy (non-hydrogen) atoms. The Balaban J connectivity index is 2.03. The van der Waals surface area contributed by atoms with Gasteiger partial charge >= 0.3 is 5.97 Å². The number of fused-ring (bicyclic) bond motifs is 1. The van der Waals surface area contributed by atoms with Gasteiger partial charge in [-0.05, 0) is 32.8 Å². The maximum Gasteiger partial charge on any atom is 0.338 e. The van der Waals surface area contributed by atoms with Crippen LogP contribution in [0.2, 0.25) is 0 Å². The smallest absolute Gasteiger partial charge is 0.338 e. The quantitative estimate of drug-likeness (QED) is 0.434. The Kier molecular flexibility index (Phi) is 6.21. The first-order valence-corrected chi connectivity index (χ1v) is 10.3. The first kappa shape index (κ1) is 19.5.